The van der Waals surface area contributed by atoms with Crippen LogP contribution in [0.2, 0.25) is 0 Å². The molecule has 1 amide bonds. The van der Waals surface area contributed by atoms with Gasteiger partial charge in [-0.15, -0.1) is 0 Å². The van der Waals surface area contributed by atoms with Crippen LogP contribution < -0.4 is 10.2 Å². The number of hydrogen-bond acceptors (Lipinski definition) is 5. The van der Waals surface area contributed by atoms with Crippen molar-refractivity contribution >= 4 is 32.7 Å². The van der Waals surface area contributed by atoms with E-state index in [1.807, 2.05) is 36.4 Å². The van der Waals surface area contributed by atoms with Crippen LogP contribution in [0.4, 0.5) is 5.82 Å². The zero-order valence-electron chi connectivity index (χ0n) is 16.4. The summed E-state index contributed by atoms with van der Waals surface area (Å²) in [5, 5.41) is 3.85. The summed E-state index contributed by atoms with van der Waals surface area (Å²) in [5.41, 5.74) is 2.28. The van der Waals surface area contributed by atoms with E-state index in [4.69, 9.17) is 4.98 Å². The van der Waals surface area contributed by atoms with Gasteiger partial charge in [0.2, 0.25) is 10.0 Å². The first-order valence-corrected chi connectivity index (χ1v) is 11.5. The van der Waals surface area contributed by atoms with Gasteiger partial charge in [0, 0.05) is 43.7 Å². The second-order valence-corrected chi connectivity index (χ2v) is 9.52. The molecule has 3 aromatic rings. The smallest absolute Gasteiger partial charge is 0.251 e. The highest BCUT2D eigenvalue weighted by atomic mass is 32.2. The third-order valence-corrected chi connectivity index (χ3v) is 7.68. The molecule has 2 aliphatic rings. The number of rotatable bonds is 3. The number of sulfonamides is 1. The number of amides is 1. The number of nitrogens with one attached hydrogen (secondary N) is 1. The molecule has 1 aromatic heterocycles. The van der Waals surface area contributed by atoms with Crippen molar-refractivity contribution in [2.45, 2.75) is 11.3 Å². The van der Waals surface area contributed by atoms with Crippen LogP contribution in [-0.4, -0.2) is 56.3 Å². The fraction of sp³-hybridized carbons (Fsp3) is 0.273. The van der Waals surface area contributed by atoms with Crippen molar-refractivity contribution in [2.75, 3.05) is 37.6 Å². The maximum Gasteiger partial charge on any atom is 0.251 e. The largest absolute Gasteiger partial charge is 0.354 e. The SMILES string of the molecule is O=C1NCCc2ccc(S(=O)(=O)N3CCN(c4ccc5ccccc5n4)CC3)cc21. The van der Waals surface area contributed by atoms with Gasteiger partial charge < -0.3 is 10.2 Å². The summed E-state index contributed by atoms with van der Waals surface area (Å²) in [7, 11) is -3.65. The summed E-state index contributed by atoms with van der Waals surface area (Å²) in [6.07, 6.45) is 0.721. The third-order valence-electron chi connectivity index (χ3n) is 5.79. The predicted molar refractivity (Wildman–Crippen MR) is 115 cm³/mol. The van der Waals surface area contributed by atoms with Gasteiger partial charge in [-0.25, -0.2) is 13.4 Å². The van der Waals surface area contributed by atoms with E-state index in [0.717, 1.165) is 28.7 Å². The van der Waals surface area contributed by atoms with E-state index in [9.17, 15) is 13.2 Å². The van der Waals surface area contributed by atoms with Crippen molar-refractivity contribution in [3.63, 3.8) is 0 Å². The maximum absolute atomic E-state index is 13.2. The fourth-order valence-corrected chi connectivity index (χ4v) is 5.54. The molecule has 0 radical (unpaired) electrons. The van der Waals surface area contributed by atoms with Crippen molar-refractivity contribution < 1.29 is 13.2 Å². The molecule has 0 aliphatic carbocycles. The average molecular weight is 423 g/mol. The third kappa shape index (κ3) is 3.32. The Kier molecular flexibility index (Phi) is 4.67. The van der Waals surface area contributed by atoms with E-state index in [1.165, 1.54) is 10.4 Å². The number of carbonyl (C=O) groups is 1. The molecule has 30 heavy (non-hydrogen) atoms. The van der Waals surface area contributed by atoms with E-state index < -0.39 is 10.0 Å². The molecule has 2 aromatic carbocycles. The number of fused-ring (bicyclic) bond motifs is 2. The van der Waals surface area contributed by atoms with E-state index in [-0.39, 0.29) is 10.8 Å². The minimum absolute atomic E-state index is 0.176. The van der Waals surface area contributed by atoms with Crippen molar-refractivity contribution in [2.24, 2.45) is 0 Å². The molecule has 0 bridgehead atoms. The lowest BCUT2D eigenvalue weighted by Gasteiger charge is -2.35. The zero-order valence-corrected chi connectivity index (χ0v) is 17.2. The highest BCUT2D eigenvalue weighted by molar-refractivity contribution is 7.89. The number of pyridine rings is 1. The van der Waals surface area contributed by atoms with Crippen LogP contribution in [0.5, 0.6) is 0 Å². The second-order valence-electron chi connectivity index (χ2n) is 7.58. The Bertz CT molecular complexity index is 1230. The van der Waals surface area contributed by atoms with Gasteiger partial charge in [0.1, 0.15) is 5.82 Å². The van der Waals surface area contributed by atoms with Crippen LogP contribution in [0.1, 0.15) is 15.9 Å². The van der Waals surface area contributed by atoms with Crippen LogP contribution in [0.15, 0.2) is 59.5 Å². The molecule has 154 valence electrons. The van der Waals surface area contributed by atoms with Crippen LogP contribution in [-0.2, 0) is 16.4 Å². The minimum Gasteiger partial charge on any atom is -0.354 e. The van der Waals surface area contributed by atoms with Crippen LogP contribution in [0.25, 0.3) is 10.9 Å². The highest BCUT2D eigenvalue weighted by Gasteiger charge is 2.30. The topological polar surface area (TPSA) is 82.6 Å². The lowest BCUT2D eigenvalue weighted by Crippen LogP contribution is -2.49. The van der Waals surface area contributed by atoms with Gasteiger partial charge in [-0.2, -0.15) is 4.31 Å². The summed E-state index contributed by atoms with van der Waals surface area (Å²) >= 11 is 0. The zero-order chi connectivity index (χ0) is 20.7. The Morgan fingerprint density at radius 1 is 0.933 bits per heavy atom. The molecule has 1 N–H and O–H groups in total. The normalized spacial score (nSPS) is 17.6. The van der Waals surface area contributed by atoms with Gasteiger partial charge in [-0.1, -0.05) is 24.3 Å². The van der Waals surface area contributed by atoms with Gasteiger partial charge in [-0.3, -0.25) is 4.79 Å². The van der Waals surface area contributed by atoms with E-state index in [2.05, 4.69) is 10.2 Å². The first-order chi connectivity index (χ1) is 14.5. The number of benzene rings is 2. The predicted octanol–water partition coefficient (Wildman–Crippen LogP) is 2.03. The number of hydrogen-bond donors (Lipinski definition) is 1. The van der Waals surface area contributed by atoms with Crippen molar-refractivity contribution in [3.05, 3.63) is 65.7 Å². The monoisotopic (exact) mass is 422 g/mol. The molecule has 0 saturated carbocycles. The molecule has 2 aliphatic heterocycles. The van der Waals surface area contributed by atoms with Gasteiger partial charge in [0.05, 0.1) is 10.4 Å². The van der Waals surface area contributed by atoms with Gasteiger partial charge in [-0.05, 0) is 42.3 Å². The average Bonchev–Trinajstić information content (AvgIpc) is 2.79. The Morgan fingerprint density at radius 2 is 1.73 bits per heavy atom. The molecule has 0 atom stereocenters. The first kappa shape index (κ1) is 19.0. The number of anilines is 1. The Labute approximate surface area is 175 Å². The minimum atomic E-state index is -3.65. The molecular weight excluding hydrogens is 400 g/mol. The summed E-state index contributed by atoms with van der Waals surface area (Å²) in [4.78, 5) is 19.1. The number of para-hydroxylation sites is 1. The van der Waals surface area contributed by atoms with Gasteiger partial charge >= 0.3 is 0 Å². The Hall–Kier alpha value is -2.97. The molecule has 5 rings (SSSR count). The number of nitrogens with zero attached hydrogens (tertiary/aromatic N) is 3. The quantitative estimate of drug-likeness (QED) is 0.698. The lowest BCUT2D eigenvalue weighted by molar-refractivity contribution is 0.0945. The highest BCUT2D eigenvalue weighted by Crippen LogP contribution is 2.24. The molecule has 3 heterocycles. The molecule has 8 heteroatoms. The van der Waals surface area contributed by atoms with E-state index >= 15 is 0 Å². The van der Waals surface area contributed by atoms with Crippen molar-refractivity contribution in [1.82, 2.24) is 14.6 Å². The molecular formula is C22H22N4O3S. The lowest BCUT2D eigenvalue weighted by atomic mass is 10.0. The number of carbonyl (C=O) groups excluding carboxylic acids is 1. The summed E-state index contributed by atoms with van der Waals surface area (Å²) in [6.45, 7) is 2.47. The van der Waals surface area contributed by atoms with Crippen LogP contribution >= 0.6 is 0 Å². The first-order valence-electron chi connectivity index (χ1n) is 10.0. The summed E-state index contributed by atoms with van der Waals surface area (Å²) in [6, 6.07) is 16.9. The molecule has 1 saturated heterocycles. The van der Waals surface area contributed by atoms with E-state index in [0.29, 0.717) is 38.3 Å². The fourth-order valence-electron chi connectivity index (χ4n) is 4.09. The Morgan fingerprint density at radius 3 is 2.57 bits per heavy atom. The Balaban J connectivity index is 1.34. The molecule has 0 unspecified atom stereocenters. The molecule has 1 fully saturated rings. The van der Waals surface area contributed by atoms with E-state index in [1.54, 1.807) is 12.1 Å². The number of piperazine rings is 1. The second kappa shape index (κ2) is 7.37. The number of aromatic nitrogens is 1. The van der Waals surface area contributed by atoms with Gasteiger partial charge in [0.25, 0.3) is 5.91 Å². The van der Waals surface area contributed by atoms with Gasteiger partial charge in [0.15, 0.2) is 0 Å². The summed E-state index contributed by atoms with van der Waals surface area (Å²) < 4.78 is 27.8. The molecule has 7 nitrogen and oxygen atoms in total. The summed E-state index contributed by atoms with van der Waals surface area (Å²) in [5.74, 6) is 0.650. The van der Waals surface area contributed by atoms with Crippen molar-refractivity contribution in [3.8, 4) is 0 Å². The maximum atomic E-state index is 13.2. The standard InChI is InChI=1S/C22H22N4O3S/c27-22-19-15-18(7-5-16(19)9-10-23-22)30(28,29)26-13-11-25(12-14-26)21-8-6-17-3-1-2-4-20(17)24-21/h1-8,15H,9-14H2,(H,23,27). The molecule has 0 spiro atoms. The van der Waals surface area contributed by atoms with Crippen LogP contribution in [0, 0.1) is 0 Å². The van der Waals surface area contributed by atoms with Crippen LogP contribution in [0.3, 0.4) is 0 Å². The van der Waals surface area contributed by atoms with Crippen molar-refractivity contribution in [1.29, 1.82) is 0 Å².